The summed E-state index contributed by atoms with van der Waals surface area (Å²) in [5.74, 6) is 0. The second-order valence-corrected chi connectivity index (χ2v) is 31.5. The van der Waals surface area contributed by atoms with Crippen LogP contribution in [0.1, 0.15) is 214 Å². The second-order valence-electron chi connectivity index (χ2n) is 24.2. The number of rotatable bonds is 10. The maximum Gasteiger partial charge on any atom is -1.00 e. The predicted octanol–water partition coefficient (Wildman–Crippen LogP) is 12.5. The Labute approximate surface area is 401 Å². The van der Waals surface area contributed by atoms with Gasteiger partial charge in [-0.3, -0.25) is 0 Å². The Hall–Kier alpha value is -2.35. The fourth-order valence-electron chi connectivity index (χ4n) is 12.3. The zero-order valence-electron chi connectivity index (χ0n) is 41.7. The molecule has 8 rings (SSSR count). The third-order valence-corrected chi connectivity index (χ3v) is 26.7. The molecule has 3 aliphatic carbocycles. The molecule has 1 aliphatic heterocycles. The van der Waals surface area contributed by atoms with Crippen LogP contribution in [-0.4, -0.2) is 0 Å². The van der Waals surface area contributed by atoms with Crippen LogP contribution in [0.3, 0.4) is 0 Å². The molecule has 4 aromatic carbocycles. The van der Waals surface area contributed by atoms with Gasteiger partial charge in [-0.2, -0.15) is 0 Å². The van der Waals surface area contributed by atoms with Gasteiger partial charge in [-0.05, 0) is 0 Å². The van der Waals surface area contributed by atoms with Crippen molar-refractivity contribution in [1.82, 2.24) is 0 Å². The van der Waals surface area contributed by atoms with Crippen LogP contribution in [0.2, 0.25) is 8.45 Å². The Bertz CT molecular complexity index is 2130. The van der Waals surface area contributed by atoms with Gasteiger partial charge in [-0.1, -0.05) is 0 Å². The Morgan fingerprint density at radius 1 is 0.476 bits per heavy atom. The van der Waals surface area contributed by atoms with Gasteiger partial charge in [-0.25, -0.2) is 0 Å². The largest absolute Gasteiger partial charge is 1.00 e. The van der Waals surface area contributed by atoms with Crippen LogP contribution in [0, 0.1) is 0 Å². The molecule has 3 heteroatoms. The average molecular weight is 920 g/mol. The van der Waals surface area contributed by atoms with Crippen molar-refractivity contribution in [3.05, 3.63) is 128 Å². The normalized spacial score (nSPS) is 21.9. The Balaban J connectivity index is 0.00000330. The van der Waals surface area contributed by atoms with Gasteiger partial charge in [0.2, 0.25) is 0 Å². The summed E-state index contributed by atoms with van der Waals surface area (Å²) in [6.07, 6.45) is 19.0. The molecule has 1 saturated heterocycles. The molecule has 0 N–H and O–H groups in total. The maximum absolute atomic E-state index is 2.85. The Morgan fingerprint density at radius 3 is 1.11 bits per heavy atom. The number of fused-ring (bicyclic) bond motifs is 3. The topological polar surface area (TPSA) is 0 Å². The predicted molar refractivity (Wildman–Crippen MR) is 265 cm³/mol. The van der Waals surface area contributed by atoms with Crippen molar-refractivity contribution in [2.45, 2.75) is 200 Å². The van der Waals surface area contributed by atoms with Crippen molar-refractivity contribution in [2.24, 2.45) is 0 Å². The smallest absolute Gasteiger partial charge is 1.00 e. The molecule has 4 unspecified atom stereocenters. The van der Waals surface area contributed by atoms with E-state index in [-0.39, 0.29) is 46.5 Å². The van der Waals surface area contributed by atoms with E-state index in [4.69, 9.17) is 0 Å². The maximum atomic E-state index is 2.79. The molecule has 4 aliphatic rings. The van der Waals surface area contributed by atoms with E-state index in [9.17, 15) is 0 Å². The van der Waals surface area contributed by atoms with E-state index in [0.717, 1.165) is 8.45 Å². The van der Waals surface area contributed by atoms with Crippen molar-refractivity contribution < 1.29 is 41.4 Å². The number of allylic oxidation sites excluding steroid dienone is 2. The summed E-state index contributed by atoms with van der Waals surface area (Å²) in [4.78, 5) is 0. The van der Waals surface area contributed by atoms with Gasteiger partial charge >= 0.3 is 379 Å². The number of halogens is 2. The van der Waals surface area contributed by atoms with E-state index < -0.39 is 16.6 Å². The molecule has 0 bridgehead atoms. The first-order chi connectivity index (χ1) is 28.7. The van der Waals surface area contributed by atoms with Crippen molar-refractivity contribution in [3.63, 3.8) is 0 Å². The minimum absolute atomic E-state index is 0. The SMILES string of the molecule is CCCCC1=Cc2c(-c3cc(C(C)(C)C)cc(C(C)(C)C)c3)cccc2[CH]1[Ti+2]1([CH]2C(CCCC)=Cc3c(-c4cc(C(C)(C)C)cc(C(C)(C)C)c4)cccc32)[CH]2CCCC[CH]21.[Cl-].[Cl-]. The molecule has 63 heavy (non-hydrogen) atoms. The van der Waals surface area contributed by atoms with Crippen LogP contribution in [0.4, 0.5) is 0 Å². The summed E-state index contributed by atoms with van der Waals surface area (Å²) in [6, 6.07) is 30.3. The van der Waals surface area contributed by atoms with E-state index in [0.29, 0.717) is 8.45 Å². The number of hydrogen-bond donors (Lipinski definition) is 0. The van der Waals surface area contributed by atoms with Crippen LogP contribution in [0.15, 0.2) is 83.9 Å². The summed E-state index contributed by atoms with van der Waals surface area (Å²) in [5, 5.41) is 0. The quantitative estimate of drug-likeness (QED) is 0.139. The first kappa shape index (κ1) is 50.1. The zero-order chi connectivity index (χ0) is 43.9. The molecule has 4 aromatic rings. The zero-order valence-corrected chi connectivity index (χ0v) is 44.8. The molecule has 0 radical (unpaired) electrons. The van der Waals surface area contributed by atoms with Gasteiger partial charge < -0.3 is 24.8 Å². The molecule has 338 valence electrons. The molecule has 2 fully saturated rings. The van der Waals surface area contributed by atoms with Crippen LogP contribution >= 0.6 is 0 Å². The third kappa shape index (κ3) is 9.22. The van der Waals surface area contributed by atoms with Crippen LogP contribution in [0.25, 0.3) is 34.4 Å². The molecule has 1 saturated carbocycles. The molecular formula is C60H80Cl2Ti. The summed E-state index contributed by atoms with van der Waals surface area (Å²) >= 11 is -2.85. The molecule has 0 aromatic heterocycles. The standard InChI is InChI=1S/2C27H35.C6H10.2ClH.Ti/c2*1-8-9-11-19-14-20-12-10-13-24(25(20)15-19)21-16-22(26(2,3)4)18-23(17-21)27(5,6)7;1-2-4-6-5-3-1;;;/h2*10,12-18H,8-9,11H2,1-7H3;1-2H,3-6H2;2*1H;/q;;;;;+2/p-2. The minimum atomic E-state index is -2.85. The fraction of sp³-hybridized carbons (Fsp3) is 0.533. The van der Waals surface area contributed by atoms with E-state index in [1.54, 1.807) is 22.3 Å². The minimum Gasteiger partial charge on any atom is -1.00 e. The van der Waals surface area contributed by atoms with E-state index in [2.05, 4.69) is 182 Å². The van der Waals surface area contributed by atoms with Crippen molar-refractivity contribution in [2.75, 3.05) is 0 Å². The van der Waals surface area contributed by atoms with Crippen molar-refractivity contribution in [1.29, 1.82) is 0 Å². The summed E-state index contributed by atoms with van der Waals surface area (Å²) < 4.78 is 3.19. The van der Waals surface area contributed by atoms with Gasteiger partial charge in [0.15, 0.2) is 0 Å². The fourth-order valence-corrected chi connectivity index (χ4v) is 26.5. The molecule has 0 amide bonds. The number of benzene rings is 4. The second kappa shape index (κ2) is 18.4. The number of unbranched alkanes of at least 4 members (excludes halogenated alkanes) is 2. The third-order valence-electron chi connectivity index (χ3n) is 15.8. The summed E-state index contributed by atoms with van der Waals surface area (Å²) in [5.41, 5.74) is 22.1. The van der Waals surface area contributed by atoms with Crippen molar-refractivity contribution >= 4 is 12.2 Å². The Morgan fingerprint density at radius 2 is 0.810 bits per heavy atom. The van der Waals surface area contributed by atoms with Crippen LogP contribution in [-0.2, 0) is 38.2 Å². The molecule has 0 nitrogen and oxygen atoms in total. The summed E-state index contributed by atoms with van der Waals surface area (Å²) in [7, 11) is 0. The van der Waals surface area contributed by atoms with E-state index in [1.807, 2.05) is 11.1 Å². The van der Waals surface area contributed by atoms with Crippen molar-refractivity contribution in [3.8, 4) is 22.3 Å². The van der Waals surface area contributed by atoms with Crippen LogP contribution in [0.5, 0.6) is 0 Å². The van der Waals surface area contributed by atoms with E-state index in [1.165, 1.54) is 109 Å². The van der Waals surface area contributed by atoms with Crippen LogP contribution < -0.4 is 24.8 Å². The summed E-state index contributed by atoms with van der Waals surface area (Å²) in [6.45, 7) is 33.5. The van der Waals surface area contributed by atoms with Gasteiger partial charge in [0.05, 0.1) is 0 Å². The molecular weight excluding hydrogens is 839 g/mol. The molecule has 0 spiro atoms. The van der Waals surface area contributed by atoms with E-state index >= 15 is 0 Å². The monoisotopic (exact) mass is 919 g/mol. The van der Waals surface area contributed by atoms with Gasteiger partial charge in [0, 0.05) is 0 Å². The van der Waals surface area contributed by atoms with Gasteiger partial charge in [0.25, 0.3) is 0 Å². The Kier molecular flexibility index (Phi) is 14.6. The number of hydrogen-bond acceptors (Lipinski definition) is 0. The first-order valence-electron chi connectivity index (χ1n) is 24.7. The molecule has 4 atom stereocenters. The molecule has 1 heterocycles. The van der Waals surface area contributed by atoms with Gasteiger partial charge in [0.1, 0.15) is 0 Å². The average Bonchev–Trinajstić information content (AvgIpc) is 3.47. The first-order valence-corrected chi connectivity index (χ1v) is 28.3. The van der Waals surface area contributed by atoms with Gasteiger partial charge in [-0.15, -0.1) is 0 Å².